The molecule has 1 atom stereocenters. The highest BCUT2D eigenvalue weighted by atomic mass is 16.5. The summed E-state index contributed by atoms with van der Waals surface area (Å²) >= 11 is 0. The van der Waals surface area contributed by atoms with Crippen molar-refractivity contribution >= 4 is 23.3 Å². The highest BCUT2D eigenvalue weighted by molar-refractivity contribution is 6.04. The van der Waals surface area contributed by atoms with Crippen LogP contribution in [0.4, 0.5) is 11.5 Å². The second-order valence-corrected chi connectivity index (χ2v) is 7.65. The molecule has 0 saturated carbocycles. The number of pyridine rings is 1. The molecule has 3 aliphatic rings. The van der Waals surface area contributed by atoms with Crippen molar-refractivity contribution in [2.75, 3.05) is 69.3 Å². The zero-order chi connectivity index (χ0) is 20.1. The maximum absolute atomic E-state index is 12.6. The van der Waals surface area contributed by atoms with E-state index in [0.717, 1.165) is 58.7 Å². The second-order valence-electron chi connectivity index (χ2n) is 7.65. The molecule has 1 unspecified atom stereocenters. The number of carbonyl (C=O) groups excluding carboxylic acids is 2. The van der Waals surface area contributed by atoms with E-state index in [4.69, 9.17) is 9.47 Å². The number of rotatable bonds is 7. The van der Waals surface area contributed by atoms with Gasteiger partial charge in [0, 0.05) is 32.4 Å². The predicted octanol–water partition coefficient (Wildman–Crippen LogP) is 0.471. The van der Waals surface area contributed by atoms with Gasteiger partial charge >= 0.3 is 0 Å². The maximum Gasteiger partial charge on any atom is 0.252 e. The Morgan fingerprint density at radius 2 is 2.17 bits per heavy atom. The van der Waals surface area contributed by atoms with Gasteiger partial charge in [-0.2, -0.15) is 0 Å². The molecule has 1 aromatic heterocycles. The fraction of sp³-hybridized carbons (Fsp3) is 0.650. The summed E-state index contributed by atoms with van der Waals surface area (Å²) in [5.74, 6) is 0.432. The number of carbonyl (C=O) groups is 2. The van der Waals surface area contributed by atoms with Crippen LogP contribution in [0.1, 0.15) is 29.6 Å². The number of hydrogen-bond acceptors (Lipinski definition) is 7. The average molecular weight is 403 g/mol. The van der Waals surface area contributed by atoms with Crippen LogP contribution in [0.3, 0.4) is 0 Å². The highest BCUT2D eigenvalue weighted by Crippen LogP contribution is 2.29. The Morgan fingerprint density at radius 3 is 2.97 bits per heavy atom. The van der Waals surface area contributed by atoms with Crippen LogP contribution in [0, 0.1) is 0 Å². The number of nitrogens with one attached hydrogen (secondary N) is 2. The summed E-state index contributed by atoms with van der Waals surface area (Å²) < 4.78 is 11.0. The highest BCUT2D eigenvalue weighted by Gasteiger charge is 2.29. The number of hydrogen-bond donors (Lipinski definition) is 2. The minimum Gasteiger partial charge on any atom is -0.379 e. The lowest BCUT2D eigenvalue weighted by molar-refractivity contribution is -0.117. The van der Waals surface area contributed by atoms with E-state index in [0.29, 0.717) is 30.2 Å². The number of amides is 2. The van der Waals surface area contributed by atoms with Crippen LogP contribution < -0.4 is 15.5 Å². The predicted molar refractivity (Wildman–Crippen MR) is 108 cm³/mol. The molecule has 29 heavy (non-hydrogen) atoms. The summed E-state index contributed by atoms with van der Waals surface area (Å²) in [5.41, 5.74) is 1.11. The Bertz CT molecular complexity index is 732. The molecular weight excluding hydrogens is 374 g/mol. The minimum absolute atomic E-state index is 0.0298. The molecule has 0 radical (unpaired) electrons. The Hall–Kier alpha value is -2.23. The molecule has 0 aromatic carbocycles. The first-order chi connectivity index (χ1) is 14.2. The van der Waals surface area contributed by atoms with Crippen molar-refractivity contribution in [2.24, 2.45) is 0 Å². The summed E-state index contributed by atoms with van der Waals surface area (Å²) in [4.78, 5) is 33.4. The Balaban J connectivity index is 1.35. The van der Waals surface area contributed by atoms with Crippen molar-refractivity contribution in [2.45, 2.75) is 25.4 Å². The third-order valence-electron chi connectivity index (χ3n) is 5.58. The molecule has 0 bridgehead atoms. The molecule has 2 fully saturated rings. The maximum atomic E-state index is 12.6. The summed E-state index contributed by atoms with van der Waals surface area (Å²) in [5, 5.41) is 5.99. The number of fused-ring (bicyclic) bond motifs is 1. The summed E-state index contributed by atoms with van der Waals surface area (Å²) in [6, 6.07) is 1.75. The van der Waals surface area contributed by atoms with Gasteiger partial charge in [-0.25, -0.2) is 4.98 Å². The molecule has 158 valence electrons. The Labute approximate surface area is 170 Å². The standard InChI is InChI=1S/C20H29N5O4/c26-18-13-23-19-17(25(18)14-16-3-1-8-29-16)11-15(12-22-19)20(27)21-4-2-5-24-6-9-28-10-7-24/h11-12,16H,1-10,13-14H2,(H,21,27)(H,22,23). The summed E-state index contributed by atoms with van der Waals surface area (Å²) in [6.45, 7) is 6.45. The topological polar surface area (TPSA) is 96.0 Å². The quantitative estimate of drug-likeness (QED) is 0.639. The third-order valence-corrected chi connectivity index (χ3v) is 5.58. The fourth-order valence-electron chi connectivity index (χ4n) is 3.93. The molecule has 4 heterocycles. The van der Waals surface area contributed by atoms with E-state index in [1.807, 2.05) is 0 Å². The molecule has 3 aliphatic heterocycles. The smallest absolute Gasteiger partial charge is 0.252 e. The van der Waals surface area contributed by atoms with Gasteiger partial charge in [-0.1, -0.05) is 0 Å². The van der Waals surface area contributed by atoms with E-state index < -0.39 is 0 Å². The number of nitrogens with zero attached hydrogens (tertiary/aromatic N) is 3. The average Bonchev–Trinajstić information content (AvgIpc) is 3.27. The van der Waals surface area contributed by atoms with Crippen LogP contribution in [0.5, 0.6) is 0 Å². The van der Waals surface area contributed by atoms with Gasteiger partial charge in [0.25, 0.3) is 5.91 Å². The van der Waals surface area contributed by atoms with Crippen molar-refractivity contribution in [3.05, 3.63) is 17.8 Å². The number of aromatic nitrogens is 1. The molecule has 1 aromatic rings. The number of morpholine rings is 1. The van der Waals surface area contributed by atoms with Gasteiger partial charge in [0.2, 0.25) is 5.91 Å². The normalized spacial score (nSPS) is 22.3. The molecule has 2 N–H and O–H groups in total. The molecule has 4 rings (SSSR count). The van der Waals surface area contributed by atoms with Crippen LogP contribution in [0.2, 0.25) is 0 Å². The lowest BCUT2D eigenvalue weighted by Gasteiger charge is -2.31. The molecular formula is C20H29N5O4. The van der Waals surface area contributed by atoms with Crippen LogP contribution in [-0.2, 0) is 14.3 Å². The van der Waals surface area contributed by atoms with Gasteiger partial charge < -0.3 is 25.0 Å². The van der Waals surface area contributed by atoms with Crippen LogP contribution in [0.15, 0.2) is 12.3 Å². The van der Waals surface area contributed by atoms with E-state index >= 15 is 0 Å². The van der Waals surface area contributed by atoms with Crippen LogP contribution in [-0.4, -0.2) is 86.9 Å². The van der Waals surface area contributed by atoms with Crippen molar-refractivity contribution in [3.63, 3.8) is 0 Å². The second kappa shape index (κ2) is 9.51. The fourth-order valence-corrected chi connectivity index (χ4v) is 3.93. The monoisotopic (exact) mass is 403 g/mol. The Kier molecular flexibility index (Phi) is 6.58. The summed E-state index contributed by atoms with van der Waals surface area (Å²) in [7, 11) is 0. The molecule has 0 spiro atoms. The van der Waals surface area contributed by atoms with E-state index in [1.54, 1.807) is 17.2 Å². The molecule has 2 amide bonds. The van der Waals surface area contributed by atoms with Crippen molar-refractivity contribution in [3.8, 4) is 0 Å². The van der Waals surface area contributed by atoms with Gasteiger partial charge in [-0.05, 0) is 31.9 Å². The largest absolute Gasteiger partial charge is 0.379 e. The SMILES string of the molecule is O=C(NCCCN1CCOCC1)c1cnc2c(c1)N(CC1CCCO1)C(=O)CN2. The first-order valence-corrected chi connectivity index (χ1v) is 10.4. The third kappa shape index (κ3) is 5.04. The molecule has 9 nitrogen and oxygen atoms in total. The molecule has 2 saturated heterocycles. The zero-order valence-electron chi connectivity index (χ0n) is 16.7. The lowest BCUT2D eigenvalue weighted by atomic mass is 10.1. The van der Waals surface area contributed by atoms with Crippen molar-refractivity contribution in [1.29, 1.82) is 0 Å². The van der Waals surface area contributed by atoms with Crippen LogP contribution >= 0.6 is 0 Å². The van der Waals surface area contributed by atoms with E-state index in [9.17, 15) is 9.59 Å². The van der Waals surface area contributed by atoms with Gasteiger partial charge in [0.1, 0.15) is 5.82 Å². The van der Waals surface area contributed by atoms with Crippen molar-refractivity contribution in [1.82, 2.24) is 15.2 Å². The van der Waals surface area contributed by atoms with E-state index in [2.05, 4.69) is 20.5 Å². The zero-order valence-corrected chi connectivity index (χ0v) is 16.7. The molecule has 0 aliphatic carbocycles. The Morgan fingerprint density at radius 1 is 1.31 bits per heavy atom. The van der Waals surface area contributed by atoms with Gasteiger partial charge in [0.05, 0.1) is 43.7 Å². The van der Waals surface area contributed by atoms with Crippen molar-refractivity contribution < 1.29 is 19.1 Å². The molecule has 9 heteroatoms. The number of anilines is 2. The van der Waals surface area contributed by atoms with Gasteiger partial charge in [0.15, 0.2) is 0 Å². The lowest BCUT2D eigenvalue weighted by Crippen LogP contribution is -2.44. The minimum atomic E-state index is -0.169. The van der Waals surface area contributed by atoms with Crippen LogP contribution in [0.25, 0.3) is 0 Å². The van der Waals surface area contributed by atoms with E-state index in [-0.39, 0.29) is 24.5 Å². The first kappa shape index (κ1) is 20.1. The van der Waals surface area contributed by atoms with Gasteiger partial charge in [-0.15, -0.1) is 0 Å². The van der Waals surface area contributed by atoms with E-state index in [1.165, 1.54) is 0 Å². The van der Waals surface area contributed by atoms with Gasteiger partial charge in [-0.3, -0.25) is 14.5 Å². The number of ether oxygens (including phenoxy) is 2. The first-order valence-electron chi connectivity index (χ1n) is 10.4. The summed E-state index contributed by atoms with van der Waals surface area (Å²) in [6.07, 6.45) is 4.45.